The van der Waals surface area contributed by atoms with Gasteiger partial charge in [0.15, 0.2) is 0 Å². The summed E-state index contributed by atoms with van der Waals surface area (Å²) in [6, 6.07) is 5.70. The molecule has 0 radical (unpaired) electrons. The third-order valence-electron chi connectivity index (χ3n) is 2.04. The van der Waals surface area contributed by atoms with Crippen molar-refractivity contribution in [2.75, 3.05) is 5.75 Å². The topological polar surface area (TPSA) is 78.2 Å². The Hall–Kier alpha value is -1.74. The highest BCUT2D eigenvalue weighted by Gasteiger charge is 2.09. The molecule has 0 aliphatic rings. The minimum Gasteiger partial charge on any atom is -0.481 e. The molecule has 1 aromatic rings. The highest BCUT2D eigenvalue weighted by Crippen LogP contribution is 2.12. The summed E-state index contributed by atoms with van der Waals surface area (Å²) in [5.41, 5.74) is 0.426. The predicted octanol–water partition coefficient (Wildman–Crippen LogP) is 1.42. The van der Waals surface area contributed by atoms with Crippen LogP contribution in [0.2, 0.25) is 0 Å². The van der Waals surface area contributed by atoms with Gasteiger partial charge in [-0.05, 0) is 12.1 Å². The smallest absolute Gasteiger partial charge is 0.304 e. The summed E-state index contributed by atoms with van der Waals surface area (Å²) in [7, 11) is -1.41. The average molecular weight is 255 g/mol. The van der Waals surface area contributed by atoms with Crippen molar-refractivity contribution < 1.29 is 18.5 Å². The number of nitrogens with zero attached hydrogens (tertiary/aromatic N) is 1. The number of benzene rings is 1. The van der Waals surface area contributed by atoms with Gasteiger partial charge in [-0.25, -0.2) is 4.39 Å². The second-order valence-corrected chi connectivity index (χ2v) is 4.93. The molecule has 1 atom stereocenters. The summed E-state index contributed by atoms with van der Waals surface area (Å²) in [5.74, 6) is -1.66. The summed E-state index contributed by atoms with van der Waals surface area (Å²) in [4.78, 5) is 10.3. The molecule has 0 spiro atoms. The van der Waals surface area contributed by atoms with Crippen LogP contribution in [0.15, 0.2) is 18.2 Å². The lowest BCUT2D eigenvalue weighted by Gasteiger charge is -2.03. The van der Waals surface area contributed by atoms with Gasteiger partial charge < -0.3 is 5.11 Å². The molecule has 0 aromatic heterocycles. The van der Waals surface area contributed by atoms with E-state index in [9.17, 15) is 13.4 Å². The number of halogens is 1. The Morgan fingerprint density at radius 3 is 2.76 bits per heavy atom. The molecule has 1 rings (SSSR count). The first-order valence-electron chi connectivity index (χ1n) is 4.78. The Kier molecular flexibility index (Phi) is 4.79. The van der Waals surface area contributed by atoms with Crippen molar-refractivity contribution in [3.63, 3.8) is 0 Å². The van der Waals surface area contributed by atoms with E-state index < -0.39 is 22.6 Å². The van der Waals surface area contributed by atoms with Gasteiger partial charge >= 0.3 is 5.97 Å². The number of rotatable bonds is 5. The van der Waals surface area contributed by atoms with Crippen LogP contribution in [0.4, 0.5) is 4.39 Å². The van der Waals surface area contributed by atoms with E-state index >= 15 is 0 Å². The molecule has 0 saturated heterocycles. The van der Waals surface area contributed by atoms with E-state index in [1.54, 1.807) is 6.07 Å². The minimum atomic E-state index is -1.41. The van der Waals surface area contributed by atoms with Crippen molar-refractivity contribution in [3.8, 4) is 6.07 Å². The summed E-state index contributed by atoms with van der Waals surface area (Å²) < 4.78 is 24.8. The van der Waals surface area contributed by atoms with E-state index in [0.717, 1.165) is 6.07 Å². The normalized spacial score (nSPS) is 11.8. The van der Waals surface area contributed by atoms with E-state index in [0.29, 0.717) is 0 Å². The Bertz CT molecular complexity index is 496. The zero-order valence-corrected chi connectivity index (χ0v) is 9.67. The third kappa shape index (κ3) is 4.33. The largest absolute Gasteiger partial charge is 0.481 e. The zero-order valence-electron chi connectivity index (χ0n) is 8.85. The molecule has 1 unspecified atom stereocenters. The molecule has 17 heavy (non-hydrogen) atoms. The number of carbonyl (C=O) groups is 1. The van der Waals surface area contributed by atoms with E-state index in [2.05, 4.69) is 0 Å². The van der Waals surface area contributed by atoms with E-state index in [-0.39, 0.29) is 29.1 Å². The van der Waals surface area contributed by atoms with Crippen LogP contribution in [-0.4, -0.2) is 21.0 Å². The van der Waals surface area contributed by atoms with E-state index in [1.807, 2.05) is 0 Å². The summed E-state index contributed by atoms with van der Waals surface area (Å²) >= 11 is 0. The molecule has 1 N–H and O–H groups in total. The van der Waals surface area contributed by atoms with Crippen molar-refractivity contribution in [2.24, 2.45) is 0 Å². The SMILES string of the molecule is N#Cc1ccc(CS(=O)CCC(=O)O)c(F)c1. The molecule has 1 aromatic carbocycles. The third-order valence-corrected chi connectivity index (χ3v) is 3.33. The van der Waals surface area contributed by atoms with Crippen LogP contribution in [0.25, 0.3) is 0 Å². The van der Waals surface area contributed by atoms with Gasteiger partial charge in [0.2, 0.25) is 0 Å². The van der Waals surface area contributed by atoms with Crippen LogP contribution in [0.5, 0.6) is 0 Å². The molecule has 0 aliphatic carbocycles. The van der Waals surface area contributed by atoms with Gasteiger partial charge in [-0.3, -0.25) is 9.00 Å². The number of nitriles is 1. The molecule has 0 fully saturated rings. The maximum Gasteiger partial charge on any atom is 0.304 e. The van der Waals surface area contributed by atoms with E-state index in [4.69, 9.17) is 10.4 Å². The van der Waals surface area contributed by atoms with Gasteiger partial charge in [0.25, 0.3) is 0 Å². The van der Waals surface area contributed by atoms with Crippen molar-refractivity contribution in [1.29, 1.82) is 5.26 Å². The standard InChI is InChI=1S/C11H10FNO3S/c12-10-5-8(6-13)1-2-9(10)7-17(16)4-3-11(14)15/h1-2,5H,3-4,7H2,(H,14,15). The molecule has 0 aliphatic heterocycles. The highest BCUT2D eigenvalue weighted by atomic mass is 32.2. The van der Waals surface area contributed by atoms with Crippen molar-refractivity contribution in [3.05, 3.63) is 35.1 Å². The first-order chi connectivity index (χ1) is 8.02. The van der Waals surface area contributed by atoms with Crippen LogP contribution >= 0.6 is 0 Å². The zero-order chi connectivity index (χ0) is 12.8. The molecule has 0 heterocycles. The first kappa shape index (κ1) is 13.3. The number of carboxylic acids is 1. The second-order valence-electron chi connectivity index (χ2n) is 3.35. The maximum absolute atomic E-state index is 13.4. The average Bonchev–Trinajstić information content (AvgIpc) is 2.29. The van der Waals surface area contributed by atoms with Crippen LogP contribution in [0.1, 0.15) is 17.5 Å². The summed E-state index contributed by atoms with van der Waals surface area (Å²) in [6.45, 7) is 0. The van der Waals surface area contributed by atoms with Gasteiger partial charge in [0.1, 0.15) is 5.82 Å². The summed E-state index contributed by atoms with van der Waals surface area (Å²) in [5, 5.41) is 16.9. The maximum atomic E-state index is 13.4. The van der Waals surface area contributed by atoms with Crippen LogP contribution < -0.4 is 0 Å². The fraction of sp³-hybridized carbons (Fsp3) is 0.273. The van der Waals surface area contributed by atoms with Crippen molar-refractivity contribution in [2.45, 2.75) is 12.2 Å². The van der Waals surface area contributed by atoms with Gasteiger partial charge in [-0.1, -0.05) is 6.07 Å². The predicted molar refractivity (Wildman–Crippen MR) is 60.1 cm³/mol. The van der Waals surface area contributed by atoms with Crippen molar-refractivity contribution in [1.82, 2.24) is 0 Å². The lowest BCUT2D eigenvalue weighted by Crippen LogP contribution is -2.07. The Labute approximate surface area is 100 Å². The molecule has 90 valence electrons. The minimum absolute atomic E-state index is 0.00518. The van der Waals surface area contributed by atoms with E-state index in [1.165, 1.54) is 12.1 Å². The number of hydrogen-bond acceptors (Lipinski definition) is 3. The van der Waals surface area contributed by atoms with Gasteiger partial charge in [0, 0.05) is 22.1 Å². The monoisotopic (exact) mass is 255 g/mol. The molecule has 4 nitrogen and oxygen atoms in total. The fourth-order valence-corrected chi connectivity index (χ4v) is 2.31. The van der Waals surface area contributed by atoms with Crippen LogP contribution in [-0.2, 0) is 21.3 Å². The fourth-order valence-electron chi connectivity index (χ4n) is 1.18. The molecule has 0 amide bonds. The molecule has 0 bridgehead atoms. The molecule has 6 heteroatoms. The number of hydrogen-bond donors (Lipinski definition) is 1. The molecule has 0 saturated carbocycles. The first-order valence-corrected chi connectivity index (χ1v) is 6.27. The molecular formula is C11H10FNO3S. The molecular weight excluding hydrogens is 245 g/mol. The number of carboxylic acid groups (broad SMARTS) is 1. The highest BCUT2D eigenvalue weighted by molar-refractivity contribution is 7.84. The Balaban J connectivity index is 2.66. The van der Waals surface area contributed by atoms with Crippen molar-refractivity contribution >= 4 is 16.8 Å². The van der Waals surface area contributed by atoms with Gasteiger partial charge in [0.05, 0.1) is 23.8 Å². The van der Waals surface area contributed by atoms with Crippen LogP contribution in [0.3, 0.4) is 0 Å². The lowest BCUT2D eigenvalue weighted by atomic mass is 10.1. The second kappa shape index (κ2) is 6.11. The Morgan fingerprint density at radius 2 is 2.24 bits per heavy atom. The van der Waals surface area contributed by atoms with Crippen LogP contribution in [0, 0.1) is 17.1 Å². The quantitative estimate of drug-likeness (QED) is 0.863. The van der Waals surface area contributed by atoms with Gasteiger partial charge in [-0.15, -0.1) is 0 Å². The van der Waals surface area contributed by atoms with Gasteiger partial charge in [-0.2, -0.15) is 5.26 Å². The lowest BCUT2D eigenvalue weighted by molar-refractivity contribution is -0.136. The number of aliphatic carboxylic acids is 1. The summed E-state index contributed by atoms with van der Waals surface area (Å²) in [6.07, 6.45) is -0.204. The Morgan fingerprint density at radius 1 is 1.53 bits per heavy atom.